The van der Waals surface area contributed by atoms with Gasteiger partial charge in [0.15, 0.2) is 0 Å². The molecule has 0 radical (unpaired) electrons. The van der Waals surface area contributed by atoms with Gasteiger partial charge in [-0.25, -0.2) is 4.79 Å². The van der Waals surface area contributed by atoms with Crippen molar-refractivity contribution in [3.05, 3.63) is 29.3 Å². The van der Waals surface area contributed by atoms with Crippen LogP contribution in [0.4, 0.5) is 10.5 Å². The molecule has 2 aliphatic rings. The predicted molar refractivity (Wildman–Crippen MR) is 101 cm³/mol. The van der Waals surface area contributed by atoms with E-state index in [0.29, 0.717) is 25.3 Å². The summed E-state index contributed by atoms with van der Waals surface area (Å²) < 4.78 is 5.97. The molecule has 0 spiro atoms. The summed E-state index contributed by atoms with van der Waals surface area (Å²) in [6.45, 7) is 7.24. The van der Waals surface area contributed by atoms with Gasteiger partial charge in [-0.15, -0.1) is 0 Å². The number of ether oxygens (including phenoxy) is 1. The maximum absolute atomic E-state index is 12.8. The van der Waals surface area contributed by atoms with Gasteiger partial charge in [0.25, 0.3) is 0 Å². The van der Waals surface area contributed by atoms with Crippen molar-refractivity contribution in [2.45, 2.75) is 38.7 Å². The number of anilines is 1. The Morgan fingerprint density at radius 3 is 2.85 bits per heavy atom. The quantitative estimate of drug-likeness (QED) is 0.901. The summed E-state index contributed by atoms with van der Waals surface area (Å²) in [5.74, 6) is 0. The third kappa shape index (κ3) is 4.75. The van der Waals surface area contributed by atoms with Crippen molar-refractivity contribution in [2.24, 2.45) is 0 Å². The first-order valence-corrected chi connectivity index (χ1v) is 9.62. The minimum Gasteiger partial charge on any atom is -0.375 e. The average molecular weight is 356 g/mol. The molecule has 1 N–H and O–H groups in total. The molecule has 0 saturated carbocycles. The van der Waals surface area contributed by atoms with Gasteiger partial charge in [-0.05, 0) is 62.5 Å². The molecule has 1 aromatic carbocycles. The van der Waals surface area contributed by atoms with Crippen LogP contribution in [0, 0.1) is 11.3 Å². The van der Waals surface area contributed by atoms with E-state index in [0.717, 1.165) is 43.7 Å². The lowest BCUT2D eigenvalue weighted by molar-refractivity contribution is 0.0355. The van der Waals surface area contributed by atoms with Crippen molar-refractivity contribution in [3.63, 3.8) is 0 Å². The Labute approximate surface area is 155 Å². The summed E-state index contributed by atoms with van der Waals surface area (Å²) in [4.78, 5) is 17.1. The third-order valence-electron chi connectivity index (χ3n) is 5.15. The number of rotatable bonds is 4. The first-order valence-electron chi connectivity index (χ1n) is 9.62. The molecule has 140 valence electrons. The van der Waals surface area contributed by atoms with Gasteiger partial charge in [-0.2, -0.15) is 5.26 Å². The highest BCUT2D eigenvalue weighted by molar-refractivity contribution is 5.90. The molecule has 3 rings (SSSR count). The Morgan fingerprint density at radius 1 is 1.31 bits per heavy atom. The summed E-state index contributed by atoms with van der Waals surface area (Å²) in [5, 5.41) is 12.1. The first-order chi connectivity index (χ1) is 12.7. The predicted octanol–water partition coefficient (Wildman–Crippen LogP) is 2.84. The van der Waals surface area contributed by atoms with Crippen molar-refractivity contribution in [1.82, 2.24) is 9.80 Å². The van der Waals surface area contributed by atoms with E-state index in [9.17, 15) is 4.79 Å². The zero-order valence-electron chi connectivity index (χ0n) is 15.5. The van der Waals surface area contributed by atoms with E-state index in [-0.39, 0.29) is 12.1 Å². The molecule has 2 saturated heterocycles. The van der Waals surface area contributed by atoms with E-state index in [2.05, 4.69) is 16.3 Å². The largest absolute Gasteiger partial charge is 0.375 e. The summed E-state index contributed by atoms with van der Waals surface area (Å²) in [6.07, 6.45) is 4.22. The van der Waals surface area contributed by atoms with Crippen molar-refractivity contribution < 1.29 is 9.53 Å². The lowest BCUT2D eigenvalue weighted by Gasteiger charge is -2.27. The van der Waals surface area contributed by atoms with Crippen LogP contribution in [0.25, 0.3) is 0 Å². The minimum absolute atomic E-state index is 0.0768. The van der Waals surface area contributed by atoms with Crippen LogP contribution in [-0.2, 0) is 11.2 Å². The van der Waals surface area contributed by atoms with E-state index in [1.807, 2.05) is 24.0 Å². The second-order valence-corrected chi connectivity index (χ2v) is 7.07. The summed E-state index contributed by atoms with van der Waals surface area (Å²) >= 11 is 0. The Hall–Kier alpha value is -2.10. The molecule has 0 aromatic heterocycles. The molecule has 0 aliphatic carbocycles. The van der Waals surface area contributed by atoms with E-state index >= 15 is 0 Å². The molecule has 2 amide bonds. The normalized spacial score (nSPS) is 21.2. The van der Waals surface area contributed by atoms with Crippen LogP contribution >= 0.6 is 0 Å². The summed E-state index contributed by atoms with van der Waals surface area (Å²) in [7, 11) is 0. The molecule has 1 atom stereocenters. The number of carbonyl (C=O) groups excluding carboxylic acids is 1. The van der Waals surface area contributed by atoms with Crippen LogP contribution in [-0.4, -0.2) is 61.3 Å². The Bertz CT molecular complexity index is 664. The molecule has 1 aromatic rings. The number of aryl methyl sites for hydroxylation is 1. The molecule has 0 bridgehead atoms. The molecule has 1 unspecified atom stereocenters. The number of carbonyl (C=O) groups is 1. The fourth-order valence-electron chi connectivity index (χ4n) is 3.72. The maximum Gasteiger partial charge on any atom is 0.321 e. The van der Waals surface area contributed by atoms with Gasteiger partial charge in [0.05, 0.1) is 17.7 Å². The minimum atomic E-state index is -0.0821. The van der Waals surface area contributed by atoms with Crippen LogP contribution in [0.5, 0.6) is 0 Å². The number of urea groups is 1. The highest BCUT2D eigenvalue weighted by atomic mass is 16.5. The highest BCUT2D eigenvalue weighted by Crippen LogP contribution is 2.19. The number of nitrogens with one attached hydrogen (secondary N) is 1. The molecule has 6 nitrogen and oxygen atoms in total. The SMILES string of the molecule is CCc1cc(C#N)ccc1NC(=O)N1CCCOC(CN2CCCC2)C1. The zero-order valence-corrected chi connectivity index (χ0v) is 15.5. The second kappa shape index (κ2) is 9.02. The van der Waals surface area contributed by atoms with Crippen LogP contribution < -0.4 is 5.32 Å². The zero-order chi connectivity index (χ0) is 18.4. The summed E-state index contributed by atoms with van der Waals surface area (Å²) in [5.41, 5.74) is 2.39. The van der Waals surface area contributed by atoms with Crippen molar-refractivity contribution in [3.8, 4) is 6.07 Å². The Balaban J connectivity index is 1.63. The van der Waals surface area contributed by atoms with Crippen LogP contribution in [0.15, 0.2) is 18.2 Å². The van der Waals surface area contributed by atoms with Crippen LogP contribution in [0.3, 0.4) is 0 Å². The molecular weight excluding hydrogens is 328 g/mol. The third-order valence-corrected chi connectivity index (χ3v) is 5.15. The number of nitriles is 1. The number of hydrogen-bond acceptors (Lipinski definition) is 4. The number of benzene rings is 1. The molecule has 26 heavy (non-hydrogen) atoms. The van der Waals surface area contributed by atoms with Gasteiger partial charge in [-0.1, -0.05) is 6.92 Å². The average Bonchev–Trinajstić information content (AvgIpc) is 3.05. The van der Waals surface area contributed by atoms with Gasteiger partial charge < -0.3 is 19.9 Å². The summed E-state index contributed by atoms with van der Waals surface area (Å²) in [6, 6.07) is 7.48. The molecule has 2 aliphatic heterocycles. The highest BCUT2D eigenvalue weighted by Gasteiger charge is 2.25. The second-order valence-electron chi connectivity index (χ2n) is 7.07. The van der Waals surface area contributed by atoms with E-state index in [1.165, 1.54) is 12.8 Å². The fourth-order valence-corrected chi connectivity index (χ4v) is 3.72. The number of nitrogens with zero attached hydrogens (tertiary/aromatic N) is 3. The molecule has 6 heteroatoms. The molecule has 2 heterocycles. The van der Waals surface area contributed by atoms with Gasteiger partial charge >= 0.3 is 6.03 Å². The standard InChI is InChI=1S/C20H28N4O2/c1-2-17-12-16(13-21)6-7-19(17)22-20(25)24-10-5-11-26-18(15-24)14-23-8-3-4-9-23/h6-7,12,18H,2-5,8-11,14-15H2,1H3,(H,22,25). The van der Waals surface area contributed by atoms with Gasteiger partial charge in [-0.3, -0.25) is 0 Å². The van der Waals surface area contributed by atoms with E-state index in [1.54, 1.807) is 6.07 Å². The lowest BCUT2D eigenvalue weighted by atomic mass is 10.1. The lowest BCUT2D eigenvalue weighted by Crippen LogP contribution is -2.43. The molecular formula is C20H28N4O2. The van der Waals surface area contributed by atoms with Gasteiger partial charge in [0.2, 0.25) is 0 Å². The van der Waals surface area contributed by atoms with E-state index in [4.69, 9.17) is 10.00 Å². The van der Waals surface area contributed by atoms with E-state index < -0.39 is 0 Å². The number of amides is 2. The van der Waals surface area contributed by atoms with Gasteiger partial charge in [0, 0.05) is 31.9 Å². The van der Waals surface area contributed by atoms with Gasteiger partial charge in [0.1, 0.15) is 0 Å². The topological polar surface area (TPSA) is 68.6 Å². The van der Waals surface area contributed by atoms with Crippen molar-refractivity contribution in [2.75, 3.05) is 44.6 Å². The number of likely N-dealkylation sites (tertiary alicyclic amines) is 1. The Kier molecular flexibility index (Phi) is 6.48. The van der Waals surface area contributed by atoms with Crippen molar-refractivity contribution >= 4 is 11.7 Å². The first kappa shape index (κ1) is 18.7. The number of hydrogen-bond donors (Lipinski definition) is 1. The smallest absolute Gasteiger partial charge is 0.321 e. The molecule has 2 fully saturated rings. The van der Waals surface area contributed by atoms with Crippen molar-refractivity contribution in [1.29, 1.82) is 5.26 Å². The monoisotopic (exact) mass is 356 g/mol. The maximum atomic E-state index is 12.8. The Morgan fingerprint density at radius 2 is 2.12 bits per heavy atom. The van der Waals surface area contributed by atoms with Crippen LogP contribution in [0.1, 0.15) is 37.3 Å². The fraction of sp³-hybridized carbons (Fsp3) is 0.600. The van der Waals surface area contributed by atoms with Crippen LogP contribution in [0.2, 0.25) is 0 Å².